The van der Waals surface area contributed by atoms with Crippen molar-refractivity contribution in [2.45, 2.75) is 45.7 Å². The molecule has 0 bridgehead atoms. The minimum absolute atomic E-state index is 0.127. The molecule has 1 aromatic carbocycles. The third kappa shape index (κ3) is 3.91. The molecule has 1 spiro atoms. The van der Waals surface area contributed by atoms with E-state index in [0.29, 0.717) is 19.2 Å². The van der Waals surface area contributed by atoms with E-state index in [9.17, 15) is 4.79 Å². The normalized spacial score (nSPS) is 24.6. The lowest BCUT2D eigenvalue weighted by atomic mass is 9.75. The van der Waals surface area contributed by atoms with Crippen molar-refractivity contribution in [1.29, 1.82) is 0 Å². The van der Waals surface area contributed by atoms with Crippen molar-refractivity contribution < 1.29 is 9.53 Å². The van der Waals surface area contributed by atoms with Gasteiger partial charge in [-0.15, -0.1) is 0 Å². The molecule has 0 unspecified atom stereocenters. The van der Waals surface area contributed by atoms with Gasteiger partial charge in [0.05, 0.1) is 24.0 Å². The van der Waals surface area contributed by atoms with E-state index in [1.54, 1.807) is 7.11 Å². The van der Waals surface area contributed by atoms with Gasteiger partial charge in [-0.3, -0.25) is 9.69 Å². The van der Waals surface area contributed by atoms with Gasteiger partial charge in [-0.2, -0.15) is 0 Å². The van der Waals surface area contributed by atoms with E-state index in [0.717, 1.165) is 38.3 Å². The smallest absolute Gasteiger partial charge is 0.230 e. The molecule has 2 atom stereocenters. The molecule has 2 aromatic rings. The molecule has 6 nitrogen and oxygen atoms in total. The molecule has 0 N–H and O–H groups in total. The Morgan fingerprint density at radius 1 is 1.33 bits per heavy atom. The Morgan fingerprint density at radius 3 is 2.87 bits per heavy atom. The van der Waals surface area contributed by atoms with Crippen molar-refractivity contribution in [2.75, 3.05) is 39.9 Å². The van der Waals surface area contributed by atoms with Gasteiger partial charge in [-0.05, 0) is 32.8 Å². The number of aromatic nitrogens is 2. The van der Waals surface area contributed by atoms with Crippen LogP contribution in [0.4, 0.5) is 0 Å². The van der Waals surface area contributed by atoms with Gasteiger partial charge in [0, 0.05) is 58.0 Å². The molecule has 2 aliphatic heterocycles. The number of aryl methyl sites for hydroxylation is 1. The number of nitrogens with zero attached hydrogens (tertiary/aromatic N) is 4. The molecule has 6 heteroatoms. The molecule has 2 aliphatic rings. The van der Waals surface area contributed by atoms with Crippen LogP contribution in [-0.4, -0.2) is 65.2 Å². The number of ether oxygens (including phenoxy) is 1. The van der Waals surface area contributed by atoms with Crippen molar-refractivity contribution in [3.8, 4) is 0 Å². The summed E-state index contributed by atoms with van der Waals surface area (Å²) in [6, 6.07) is 9.04. The summed E-state index contributed by atoms with van der Waals surface area (Å²) in [6.07, 6.45) is 4.95. The first kappa shape index (κ1) is 21.1. The molecule has 162 valence electrons. The summed E-state index contributed by atoms with van der Waals surface area (Å²) in [5.41, 5.74) is 3.25. The first-order valence-electron chi connectivity index (χ1n) is 11.0. The van der Waals surface area contributed by atoms with Crippen LogP contribution in [0.5, 0.6) is 0 Å². The highest BCUT2D eigenvalue weighted by molar-refractivity contribution is 5.86. The third-order valence-electron chi connectivity index (χ3n) is 6.78. The van der Waals surface area contributed by atoms with E-state index in [-0.39, 0.29) is 17.2 Å². The van der Waals surface area contributed by atoms with Gasteiger partial charge < -0.3 is 14.2 Å². The van der Waals surface area contributed by atoms with Crippen LogP contribution in [0.1, 0.15) is 49.0 Å². The van der Waals surface area contributed by atoms with Gasteiger partial charge in [-0.25, -0.2) is 4.98 Å². The van der Waals surface area contributed by atoms with Crippen molar-refractivity contribution in [2.24, 2.45) is 5.41 Å². The topological polar surface area (TPSA) is 50.6 Å². The van der Waals surface area contributed by atoms with Gasteiger partial charge in [0.25, 0.3) is 0 Å². The number of carbonyl (C=O) groups is 1. The van der Waals surface area contributed by atoms with Crippen LogP contribution in [0.3, 0.4) is 0 Å². The van der Waals surface area contributed by atoms with Crippen molar-refractivity contribution in [1.82, 2.24) is 19.4 Å². The highest BCUT2D eigenvalue weighted by atomic mass is 16.5. The number of carbonyl (C=O) groups excluding carboxylic acids is 1. The van der Waals surface area contributed by atoms with Crippen molar-refractivity contribution in [3.05, 3.63) is 53.6 Å². The predicted molar refractivity (Wildman–Crippen MR) is 117 cm³/mol. The average Bonchev–Trinajstić information content (AvgIpc) is 3.40. The van der Waals surface area contributed by atoms with Crippen LogP contribution in [0.15, 0.2) is 36.8 Å². The number of hydrogen-bond acceptors (Lipinski definition) is 4. The van der Waals surface area contributed by atoms with Crippen LogP contribution >= 0.6 is 0 Å². The van der Waals surface area contributed by atoms with Crippen molar-refractivity contribution in [3.63, 3.8) is 0 Å². The number of rotatable bonds is 7. The average molecular weight is 411 g/mol. The highest BCUT2D eigenvalue weighted by Gasteiger charge is 2.57. The van der Waals surface area contributed by atoms with E-state index in [2.05, 4.69) is 60.7 Å². The number of benzene rings is 1. The largest absolute Gasteiger partial charge is 0.383 e. The number of imidazole rings is 1. The van der Waals surface area contributed by atoms with E-state index >= 15 is 0 Å². The van der Waals surface area contributed by atoms with Gasteiger partial charge in [0.1, 0.15) is 0 Å². The standard InChI is InChI=1S/C24H34N4O2/c1-18(2)28-15-22(25-17-28)21-14-26(13-20-7-5-6-19(3)12-20)16-24(21)8-9-27(23(24)29)10-11-30-4/h5-7,12,15,17-18,21H,8-11,13-14,16H2,1-4H3/t21-,24+/m0/s1. The van der Waals surface area contributed by atoms with Crippen molar-refractivity contribution >= 4 is 5.91 Å². The molecule has 0 radical (unpaired) electrons. The lowest BCUT2D eigenvalue weighted by molar-refractivity contribution is -0.136. The second-order valence-corrected chi connectivity index (χ2v) is 9.24. The molecule has 3 heterocycles. The SMILES string of the molecule is COCCN1CC[C@]2(CN(Cc3cccc(C)c3)C[C@H]2c2cn(C(C)C)cn2)C1=O. The zero-order valence-electron chi connectivity index (χ0n) is 18.7. The highest BCUT2D eigenvalue weighted by Crippen LogP contribution is 2.49. The molecule has 1 amide bonds. The quantitative estimate of drug-likeness (QED) is 0.703. The lowest BCUT2D eigenvalue weighted by Gasteiger charge is -2.28. The number of likely N-dealkylation sites (tertiary alicyclic amines) is 2. The fourth-order valence-corrected chi connectivity index (χ4v) is 5.13. The third-order valence-corrected chi connectivity index (χ3v) is 6.78. The molecule has 0 aliphatic carbocycles. The lowest BCUT2D eigenvalue weighted by Crippen LogP contribution is -2.40. The zero-order chi connectivity index (χ0) is 21.3. The Morgan fingerprint density at radius 2 is 2.17 bits per heavy atom. The van der Waals surface area contributed by atoms with Crippen LogP contribution in [0.25, 0.3) is 0 Å². The van der Waals surface area contributed by atoms with Crippen LogP contribution in [0, 0.1) is 12.3 Å². The first-order valence-corrected chi connectivity index (χ1v) is 11.0. The maximum absolute atomic E-state index is 13.6. The van der Waals surface area contributed by atoms with Gasteiger partial charge in [0.15, 0.2) is 0 Å². The number of hydrogen-bond donors (Lipinski definition) is 0. The fraction of sp³-hybridized carbons (Fsp3) is 0.583. The van der Waals surface area contributed by atoms with Crippen LogP contribution in [0.2, 0.25) is 0 Å². The summed E-state index contributed by atoms with van der Waals surface area (Å²) in [6.45, 7) is 11.0. The van der Waals surface area contributed by atoms with E-state index in [1.165, 1.54) is 11.1 Å². The minimum Gasteiger partial charge on any atom is -0.383 e. The summed E-state index contributed by atoms with van der Waals surface area (Å²) in [5.74, 6) is 0.401. The molecule has 1 aromatic heterocycles. The molecule has 30 heavy (non-hydrogen) atoms. The van der Waals surface area contributed by atoms with Crippen LogP contribution in [-0.2, 0) is 16.1 Å². The van der Waals surface area contributed by atoms with Gasteiger partial charge >= 0.3 is 0 Å². The molecular weight excluding hydrogens is 376 g/mol. The molecule has 4 rings (SSSR count). The minimum atomic E-state index is -0.381. The first-order chi connectivity index (χ1) is 14.4. The second-order valence-electron chi connectivity index (χ2n) is 9.24. The predicted octanol–water partition coefficient (Wildman–Crippen LogP) is 3.24. The molecule has 0 saturated carbocycles. The Labute approximate surface area is 179 Å². The Hall–Kier alpha value is -2.18. The van der Waals surface area contributed by atoms with Crippen LogP contribution < -0.4 is 0 Å². The molecular formula is C24H34N4O2. The summed E-state index contributed by atoms with van der Waals surface area (Å²) in [4.78, 5) is 22.8. The maximum Gasteiger partial charge on any atom is 0.230 e. The monoisotopic (exact) mass is 410 g/mol. The summed E-state index contributed by atoms with van der Waals surface area (Å²) < 4.78 is 7.38. The Balaban J connectivity index is 1.61. The zero-order valence-corrected chi connectivity index (χ0v) is 18.7. The summed E-state index contributed by atoms with van der Waals surface area (Å²) in [5, 5.41) is 0. The second kappa shape index (κ2) is 8.52. The van der Waals surface area contributed by atoms with Gasteiger partial charge in [-0.1, -0.05) is 29.8 Å². The summed E-state index contributed by atoms with van der Waals surface area (Å²) >= 11 is 0. The molecule has 2 saturated heterocycles. The maximum atomic E-state index is 13.6. The van der Waals surface area contributed by atoms with E-state index in [1.807, 2.05) is 11.2 Å². The Bertz CT molecular complexity index is 893. The number of methoxy groups -OCH3 is 1. The van der Waals surface area contributed by atoms with E-state index < -0.39 is 0 Å². The number of amides is 1. The summed E-state index contributed by atoms with van der Waals surface area (Å²) in [7, 11) is 1.69. The molecule has 2 fully saturated rings. The van der Waals surface area contributed by atoms with Gasteiger partial charge in [0.2, 0.25) is 5.91 Å². The Kier molecular flexibility index (Phi) is 5.98. The van der Waals surface area contributed by atoms with E-state index in [4.69, 9.17) is 9.72 Å². The fourth-order valence-electron chi connectivity index (χ4n) is 5.13.